The van der Waals surface area contributed by atoms with Crippen LogP contribution in [0.4, 0.5) is 26.3 Å². The first-order chi connectivity index (χ1) is 11.9. The molecule has 0 aliphatic carbocycles. The zero-order valence-corrected chi connectivity index (χ0v) is 14.6. The lowest BCUT2D eigenvalue weighted by Crippen LogP contribution is -2.61. The van der Waals surface area contributed by atoms with Gasteiger partial charge in [0.2, 0.25) is 9.84 Å². The number of aromatic carboxylic acids is 1. The van der Waals surface area contributed by atoms with E-state index in [9.17, 15) is 48.0 Å². The highest BCUT2D eigenvalue weighted by Crippen LogP contribution is 2.51. The van der Waals surface area contributed by atoms with Gasteiger partial charge in [-0.1, -0.05) is 6.92 Å². The van der Waals surface area contributed by atoms with Crippen molar-refractivity contribution in [3.05, 3.63) is 29.8 Å². The highest BCUT2D eigenvalue weighted by molar-refractivity contribution is 7.92. The topological polar surface area (TPSA) is 115 Å². The molecule has 15 heteroatoms. The van der Waals surface area contributed by atoms with Gasteiger partial charge in [0.05, 0.1) is 11.3 Å². The summed E-state index contributed by atoms with van der Waals surface area (Å²) >= 11 is 0. The molecule has 27 heavy (non-hydrogen) atoms. The number of carbonyl (C=O) groups is 1. The Morgan fingerprint density at radius 2 is 1.41 bits per heavy atom. The molecular formula is C12H10F6O7S2. The molecule has 0 bridgehead atoms. The van der Waals surface area contributed by atoms with Gasteiger partial charge in [0.15, 0.2) is 0 Å². The van der Waals surface area contributed by atoms with E-state index in [0.29, 0.717) is 31.2 Å². The highest BCUT2D eigenvalue weighted by atomic mass is 32.2. The lowest BCUT2D eigenvalue weighted by Gasteiger charge is -2.30. The molecule has 0 aliphatic rings. The average Bonchev–Trinajstić information content (AvgIpc) is 2.54. The Hall–Kier alpha value is -2.03. The zero-order valence-electron chi connectivity index (χ0n) is 13.0. The van der Waals surface area contributed by atoms with Crippen LogP contribution in [0.3, 0.4) is 0 Å². The van der Waals surface area contributed by atoms with E-state index in [-0.39, 0.29) is 0 Å². The van der Waals surface area contributed by atoms with Gasteiger partial charge < -0.3 is 9.29 Å². The van der Waals surface area contributed by atoms with E-state index >= 15 is 0 Å². The van der Waals surface area contributed by atoms with Crippen molar-refractivity contribution >= 4 is 25.9 Å². The number of alkyl halides is 6. The molecule has 0 atom stereocenters. The molecule has 0 heterocycles. The van der Waals surface area contributed by atoms with Gasteiger partial charge in [-0.2, -0.15) is 34.8 Å². The summed E-state index contributed by atoms with van der Waals surface area (Å²) < 4.78 is 130. The number of rotatable bonds is 8. The summed E-state index contributed by atoms with van der Waals surface area (Å²) in [4.78, 5) is 10.6. The van der Waals surface area contributed by atoms with Crippen LogP contribution in [0.15, 0.2) is 24.3 Å². The Balaban J connectivity index is 3.36. The minimum atomic E-state index is -6.88. The SMILES string of the molecule is CCS(=O)(=O)C(F)(F)C(F)(F)C(F)(F)S(=O)(=O)Oc1ccc(C(=O)O)cc1. The molecule has 7 nitrogen and oxygen atoms in total. The van der Waals surface area contributed by atoms with E-state index in [1.807, 2.05) is 0 Å². The van der Waals surface area contributed by atoms with E-state index in [1.165, 1.54) is 0 Å². The largest absolute Gasteiger partial charge is 0.478 e. The minimum Gasteiger partial charge on any atom is -0.478 e. The number of hydrogen-bond donors (Lipinski definition) is 1. The normalized spacial score (nSPS) is 14.0. The fourth-order valence-electron chi connectivity index (χ4n) is 1.54. The summed E-state index contributed by atoms with van der Waals surface area (Å²) in [7, 11) is -13.0. The fourth-order valence-corrected chi connectivity index (χ4v) is 3.39. The van der Waals surface area contributed by atoms with Crippen LogP contribution >= 0.6 is 0 Å². The molecule has 154 valence electrons. The first kappa shape index (κ1) is 23.0. The molecular weight excluding hydrogens is 434 g/mol. The van der Waals surface area contributed by atoms with Gasteiger partial charge in [-0.15, -0.1) is 0 Å². The van der Waals surface area contributed by atoms with Crippen LogP contribution in [0, 0.1) is 0 Å². The van der Waals surface area contributed by atoms with Gasteiger partial charge in [-0.25, -0.2) is 13.2 Å². The van der Waals surface area contributed by atoms with Crippen molar-refractivity contribution in [2.24, 2.45) is 0 Å². The number of carboxylic acids is 1. The third kappa shape index (κ3) is 3.69. The second-order valence-electron chi connectivity index (χ2n) is 4.88. The van der Waals surface area contributed by atoms with E-state index in [1.54, 1.807) is 0 Å². The lowest BCUT2D eigenvalue weighted by atomic mass is 10.2. The predicted molar refractivity (Wildman–Crippen MR) is 77.3 cm³/mol. The van der Waals surface area contributed by atoms with Gasteiger partial charge >= 0.3 is 32.5 Å². The maximum absolute atomic E-state index is 13.7. The van der Waals surface area contributed by atoms with Crippen molar-refractivity contribution in [2.75, 3.05) is 5.75 Å². The molecule has 0 unspecified atom stereocenters. The Bertz CT molecular complexity index is 923. The van der Waals surface area contributed by atoms with Crippen molar-refractivity contribution < 1.29 is 57.3 Å². The smallest absolute Gasteiger partial charge is 0.450 e. The quantitative estimate of drug-likeness (QED) is 0.484. The number of benzene rings is 1. The molecule has 0 radical (unpaired) electrons. The Morgan fingerprint density at radius 3 is 1.78 bits per heavy atom. The van der Waals surface area contributed by atoms with Gasteiger partial charge in [-0.3, -0.25) is 0 Å². The summed E-state index contributed by atoms with van der Waals surface area (Å²) in [5, 5.41) is -4.47. The third-order valence-corrected chi connectivity index (χ3v) is 6.22. The Morgan fingerprint density at radius 1 is 0.963 bits per heavy atom. The average molecular weight is 444 g/mol. The minimum absolute atomic E-state index is 0.461. The molecule has 0 aliphatic heterocycles. The van der Waals surface area contributed by atoms with Crippen molar-refractivity contribution in [1.82, 2.24) is 0 Å². The van der Waals surface area contributed by atoms with Crippen molar-refractivity contribution in [3.63, 3.8) is 0 Å². The summed E-state index contributed by atoms with van der Waals surface area (Å²) in [6.07, 6.45) is 0. The Kier molecular flexibility index (Phi) is 5.84. The number of carboxylic acid groups (broad SMARTS) is 1. The van der Waals surface area contributed by atoms with Gasteiger partial charge in [0.25, 0.3) is 0 Å². The molecule has 1 rings (SSSR count). The second kappa shape index (κ2) is 6.85. The van der Waals surface area contributed by atoms with Crippen LogP contribution < -0.4 is 4.18 Å². The predicted octanol–water partition coefficient (Wildman–Crippen LogP) is 2.35. The van der Waals surface area contributed by atoms with E-state index in [2.05, 4.69) is 4.18 Å². The molecule has 1 aromatic rings. The van der Waals surface area contributed by atoms with Crippen LogP contribution in [0.2, 0.25) is 0 Å². The highest BCUT2D eigenvalue weighted by Gasteiger charge is 2.82. The molecule has 0 saturated heterocycles. The first-order valence-electron chi connectivity index (χ1n) is 6.57. The van der Waals surface area contributed by atoms with Gasteiger partial charge in [-0.05, 0) is 24.3 Å². The number of hydrogen-bond acceptors (Lipinski definition) is 6. The maximum Gasteiger partial charge on any atom is 0.450 e. The van der Waals surface area contributed by atoms with Crippen LogP contribution in [0.1, 0.15) is 17.3 Å². The van der Waals surface area contributed by atoms with Crippen LogP contribution in [0.5, 0.6) is 5.75 Å². The summed E-state index contributed by atoms with van der Waals surface area (Å²) in [5.41, 5.74) is -0.461. The summed E-state index contributed by atoms with van der Waals surface area (Å²) in [6.45, 7) is 0.465. The standard InChI is InChI=1S/C12H10F6O7S2/c1-2-26(21,22)11(15,16)10(13,14)12(17,18)27(23,24)25-8-5-3-7(4-6-8)9(19)20/h3-6H,2H2,1H3,(H,19,20). The van der Waals surface area contributed by atoms with Crippen LogP contribution in [0.25, 0.3) is 0 Å². The fraction of sp³-hybridized carbons (Fsp3) is 0.417. The molecule has 0 aromatic heterocycles. The molecule has 0 spiro atoms. The molecule has 1 N–H and O–H groups in total. The molecule has 1 aromatic carbocycles. The van der Waals surface area contributed by atoms with Crippen molar-refractivity contribution in [1.29, 1.82) is 0 Å². The number of halogens is 6. The summed E-state index contributed by atoms with van der Waals surface area (Å²) in [6, 6.07) is 2.27. The molecule has 0 fully saturated rings. The van der Waals surface area contributed by atoms with Gasteiger partial charge in [0, 0.05) is 0 Å². The summed E-state index contributed by atoms with van der Waals surface area (Å²) in [5.74, 6) is -11.2. The molecule has 0 saturated carbocycles. The van der Waals surface area contributed by atoms with E-state index < -0.39 is 59.4 Å². The zero-order chi connectivity index (χ0) is 21.5. The monoisotopic (exact) mass is 444 g/mol. The van der Waals surface area contributed by atoms with Crippen LogP contribution in [-0.4, -0.2) is 50.1 Å². The van der Waals surface area contributed by atoms with E-state index in [0.717, 1.165) is 0 Å². The lowest BCUT2D eigenvalue weighted by molar-refractivity contribution is -0.245. The van der Waals surface area contributed by atoms with E-state index in [4.69, 9.17) is 5.11 Å². The second-order valence-corrected chi connectivity index (χ2v) is 8.79. The first-order valence-corrected chi connectivity index (χ1v) is 9.63. The van der Waals surface area contributed by atoms with Gasteiger partial charge in [0.1, 0.15) is 5.75 Å². The van der Waals surface area contributed by atoms with Crippen LogP contribution in [-0.2, 0) is 20.0 Å². The Labute approximate surface area is 148 Å². The molecule has 0 amide bonds. The van der Waals surface area contributed by atoms with Crippen molar-refractivity contribution in [2.45, 2.75) is 23.4 Å². The number of sulfone groups is 1. The maximum atomic E-state index is 13.7. The van der Waals surface area contributed by atoms with Crippen molar-refractivity contribution in [3.8, 4) is 5.75 Å². The third-order valence-electron chi connectivity index (χ3n) is 3.12.